The van der Waals surface area contributed by atoms with Crippen molar-refractivity contribution in [2.45, 2.75) is 0 Å². The van der Waals surface area contributed by atoms with E-state index >= 15 is 0 Å². The van der Waals surface area contributed by atoms with Crippen LogP contribution in [0.25, 0.3) is 11.3 Å². The number of carbonyl (C=O) groups excluding carboxylic acids is 1. The fourth-order valence-corrected chi connectivity index (χ4v) is 2.23. The van der Waals surface area contributed by atoms with Crippen LogP contribution in [-0.2, 0) is 0 Å². The Hall–Kier alpha value is -2.81. The summed E-state index contributed by atoms with van der Waals surface area (Å²) in [5.74, 6) is 1.21. The molecule has 104 valence electrons. The van der Waals surface area contributed by atoms with Crippen molar-refractivity contribution in [1.29, 1.82) is 0 Å². The highest BCUT2D eigenvalue weighted by Crippen LogP contribution is 2.28. The van der Waals surface area contributed by atoms with Crippen molar-refractivity contribution in [1.82, 2.24) is 0 Å². The molecule has 0 radical (unpaired) electrons. The van der Waals surface area contributed by atoms with Crippen LogP contribution in [0.2, 0.25) is 0 Å². The summed E-state index contributed by atoms with van der Waals surface area (Å²) in [5.41, 5.74) is 2.00. The first-order valence-electron chi connectivity index (χ1n) is 6.61. The van der Waals surface area contributed by atoms with Crippen LogP contribution in [0.15, 0.2) is 71.3 Å². The molecule has 0 fully saturated rings. The number of rotatable bonds is 4. The topological polar surface area (TPSA) is 39.4 Å². The second-order valence-electron chi connectivity index (χ2n) is 4.59. The lowest BCUT2D eigenvalue weighted by atomic mass is 9.99. The minimum absolute atomic E-state index is 0.0687. The lowest BCUT2D eigenvalue weighted by Crippen LogP contribution is -2.04. The van der Waals surface area contributed by atoms with Crippen LogP contribution in [0.5, 0.6) is 5.75 Å². The van der Waals surface area contributed by atoms with E-state index in [4.69, 9.17) is 9.15 Å². The van der Waals surface area contributed by atoms with Crippen molar-refractivity contribution >= 4 is 5.78 Å². The Labute approximate surface area is 122 Å². The van der Waals surface area contributed by atoms with E-state index in [9.17, 15) is 4.79 Å². The van der Waals surface area contributed by atoms with Crippen molar-refractivity contribution in [3.05, 3.63) is 78.1 Å². The highest BCUT2D eigenvalue weighted by molar-refractivity contribution is 6.11. The Morgan fingerprint density at radius 3 is 2.48 bits per heavy atom. The van der Waals surface area contributed by atoms with Crippen LogP contribution in [0.3, 0.4) is 0 Å². The van der Waals surface area contributed by atoms with E-state index in [1.54, 1.807) is 37.6 Å². The van der Waals surface area contributed by atoms with Gasteiger partial charge in [0.15, 0.2) is 5.78 Å². The third kappa shape index (κ3) is 2.58. The molecule has 0 atom stereocenters. The lowest BCUT2D eigenvalue weighted by Gasteiger charge is -2.09. The normalized spacial score (nSPS) is 10.3. The Balaban J connectivity index is 2.08. The van der Waals surface area contributed by atoms with E-state index in [0.29, 0.717) is 16.9 Å². The SMILES string of the molecule is COc1ccc(-c2ccco2)cc1C(=O)c1ccccc1. The van der Waals surface area contributed by atoms with Crippen LogP contribution >= 0.6 is 0 Å². The zero-order valence-corrected chi connectivity index (χ0v) is 11.6. The summed E-state index contributed by atoms with van der Waals surface area (Å²) in [6.45, 7) is 0. The molecule has 0 unspecified atom stereocenters. The molecule has 3 aromatic rings. The summed E-state index contributed by atoms with van der Waals surface area (Å²) < 4.78 is 10.7. The molecule has 3 nitrogen and oxygen atoms in total. The largest absolute Gasteiger partial charge is 0.496 e. The molecule has 0 saturated carbocycles. The van der Waals surface area contributed by atoms with Gasteiger partial charge >= 0.3 is 0 Å². The number of carbonyl (C=O) groups is 1. The summed E-state index contributed by atoms with van der Waals surface area (Å²) >= 11 is 0. The lowest BCUT2D eigenvalue weighted by molar-refractivity contribution is 0.103. The van der Waals surface area contributed by atoms with Gasteiger partial charge in [0, 0.05) is 11.1 Å². The third-order valence-corrected chi connectivity index (χ3v) is 3.29. The van der Waals surface area contributed by atoms with Gasteiger partial charge in [-0.15, -0.1) is 0 Å². The van der Waals surface area contributed by atoms with Gasteiger partial charge in [0.1, 0.15) is 11.5 Å². The molecule has 0 spiro atoms. The maximum absolute atomic E-state index is 12.6. The number of hydrogen-bond donors (Lipinski definition) is 0. The minimum Gasteiger partial charge on any atom is -0.496 e. The standard InChI is InChI=1S/C18H14O3/c1-20-17-10-9-14(16-8-5-11-21-16)12-15(17)18(19)13-6-3-2-4-7-13/h2-12H,1H3. The fourth-order valence-electron chi connectivity index (χ4n) is 2.23. The monoisotopic (exact) mass is 278 g/mol. The predicted molar refractivity (Wildman–Crippen MR) is 80.6 cm³/mol. The molecule has 0 amide bonds. The molecule has 21 heavy (non-hydrogen) atoms. The van der Waals surface area contributed by atoms with Gasteiger partial charge in [-0.05, 0) is 30.3 Å². The number of furan rings is 1. The van der Waals surface area contributed by atoms with E-state index in [1.807, 2.05) is 36.4 Å². The van der Waals surface area contributed by atoms with Crippen LogP contribution in [0.4, 0.5) is 0 Å². The zero-order valence-electron chi connectivity index (χ0n) is 11.6. The van der Waals surface area contributed by atoms with Crippen molar-refractivity contribution in [3.8, 4) is 17.1 Å². The number of benzene rings is 2. The first kappa shape index (κ1) is 13.2. The van der Waals surface area contributed by atoms with Crippen LogP contribution in [0, 0.1) is 0 Å². The summed E-state index contributed by atoms with van der Waals surface area (Å²) in [7, 11) is 1.56. The van der Waals surface area contributed by atoms with E-state index in [1.165, 1.54) is 0 Å². The highest BCUT2D eigenvalue weighted by atomic mass is 16.5. The molecule has 1 heterocycles. The molecule has 0 N–H and O–H groups in total. The Bertz CT molecular complexity index is 743. The molecule has 1 aromatic heterocycles. The molecule has 2 aromatic carbocycles. The summed E-state index contributed by atoms with van der Waals surface area (Å²) in [6.07, 6.45) is 1.61. The molecule has 0 aliphatic heterocycles. The van der Waals surface area contributed by atoms with Gasteiger partial charge < -0.3 is 9.15 Å². The van der Waals surface area contributed by atoms with Gasteiger partial charge in [-0.3, -0.25) is 4.79 Å². The fraction of sp³-hybridized carbons (Fsp3) is 0.0556. The van der Waals surface area contributed by atoms with E-state index in [2.05, 4.69) is 0 Å². The smallest absolute Gasteiger partial charge is 0.196 e. The average Bonchev–Trinajstić information content (AvgIpc) is 3.09. The Kier molecular flexibility index (Phi) is 3.56. The Morgan fingerprint density at radius 2 is 1.81 bits per heavy atom. The molecule has 0 aliphatic rings. The van der Waals surface area contributed by atoms with Crippen molar-refractivity contribution < 1.29 is 13.9 Å². The maximum Gasteiger partial charge on any atom is 0.196 e. The maximum atomic E-state index is 12.6. The third-order valence-electron chi connectivity index (χ3n) is 3.29. The van der Waals surface area contributed by atoms with Gasteiger partial charge in [-0.25, -0.2) is 0 Å². The van der Waals surface area contributed by atoms with Crippen molar-refractivity contribution in [2.24, 2.45) is 0 Å². The second kappa shape index (κ2) is 5.67. The zero-order chi connectivity index (χ0) is 14.7. The quantitative estimate of drug-likeness (QED) is 0.672. The molecule has 3 heteroatoms. The summed E-state index contributed by atoms with van der Waals surface area (Å²) in [6, 6.07) is 18.3. The highest BCUT2D eigenvalue weighted by Gasteiger charge is 2.16. The first-order valence-corrected chi connectivity index (χ1v) is 6.61. The van der Waals surface area contributed by atoms with Gasteiger partial charge in [0.25, 0.3) is 0 Å². The van der Waals surface area contributed by atoms with E-state index in [0.717, 1.165) is 11.3 Å². The predicted octanol–water partition coefficient (Wildman–Crippen LogP) is 4.19. The van der Waals surface area contributed by atoms with Crippen LogP contribution < -0.4 is 4.74 Å². The molecule has 0 aliphatic carbocycles. The number of hydrogen-bond acceptors (Lipinski definition) is 3. The van der Waals surface area contributed by atoms with E-state index < -0.39 is 0 Å². The van der Waals surface area contributed by atoms with Gasteiger partial charge in [-0.2, -0.15) is 0 Å². The second-order valence-corrected chi connectivity index (χ2v) is 4.59. The van der Waals surface area contributed by atoms with Gasteiger partial charge in [0.2, 0.25) is 0 Å². The molecular formula is C18H14O3. The van der Waals surface area contributed by atoms with Crippen LogP contribution in [0.1, 0.15) is 15.9 Å². The number of methoxy groups -OCH3 is 1. The van der Waals surface area contributed by atoms with E-state index in [-0.39, 0.29) is 5.78 Å². The first-order chi connectivity index (χ1) is 10.3. The summed E-state index contributed by atoms with van der Waals surface area (Å²) in [4.78, 5) is 12.6. The molecule has 3 rings (SSSR count). The molecular weight excluding hydrogens is 264 g/mol. The Morgan fingerprint density at radius 1 is 1.00 bits per heavy atom. The average molecular weight is 278 g/mol. The molecule has 0 bridgehead atoms. The van der Waals surface area contributed by atoms with Gasteiger partial charge in [-0.1, -0.05) is 30.3 Å². The molecule has 0 saturated heterocycles. The number of ketones is 1. The summed E-state index contributed by atoms with van der Waals surface area (Å²) in [5, 5.41) is 0. The number of ether oxygens (including phenoxy) is 1. The van der Waals surface area contributed by atoms with Crippen molar-refractivity contribution in [3.63, 3.8) is 0 Å². The van der Waals surface area contributed by atoms with Gasteiger partial charge in [0.05, 0.1) is 18.9 Å². The van der Waals surface area contributed by atoms with Crippen molar-refractivity contribution in [2.75, 3.05) is 7.11 Å². The minimum atomic E-state index is -0.0687. The van der Waals surface area contributed by atoms with Crippen LogP contribution in [-0.4, -0.2) is 12.9 Å².